The Kier molecular flexibility index (Phi) is 6.41. The Morgan fingerprint density at radius 1 is 1.32 bits per heavy atom. The third kappa shape index (κ3) is 4.92. The molecule has 11 heteroatoms. The first-order chi connectivity index (χ1) is 13.3. The predicted molar refractivity (Wildman–Crippen MR) is 99.8 cm³/mol. The van der Waals surface area contributed by atoms with E-state index >= 15 is 0 Å². The summed E-state index contributed by atoms with van der Waals surface area (Å²) in [5.41, 5.74) is -0.0759. The highest BCUT2D eigenvalue weighted by Gasteiger charge is 2.32. The Balaban J connectivity index is 1.57. The van der Waals surface area contributed by atoms with Crippen molar-refractivity contribution in [3.8, 4) is 0 Å². The fourth-order valence-corrected chi connectivity index (χ4v) is 3.82. The Morgan fingerprint density at radius 2 is 2.04 bits per heavy atom. The van der Waals surface area contributed by atoms with Crippen LogP contribution in [-0.4, -0.2) is 53.6 Å². The van der Waals surface area contributed by atoms with Gasteiger partial charge in [0.05, 0.1) is 22.9 Å². The summed E-state index contributed by atoms with van der Waals surface area (Å²) in [4.78, 5) is 23.9. The van der Waals surface area contributed by atoms with Gasteiger partial charge in [0.1, 0.15) is 5.82 Å². The standard InChI is InChI=1S/C17H18ClF3N4O2S/c1-2-27-16(26)15-23-12(10-28-15)9-24-3-5-25(6-4-24)14-13(18)7-11(8-22-14)17(19,20)21/h7-8,10H,2-6,9H2,1H3. The summed E-state index contributed by atoms with van der Waals surface area (Å²) in [5, 5.41) is 2.14. The second-order valence-corrected chi connectivity index (χ2v) is 7.42. The number of nitrogens with zero attached hydrogens (tertiary/aromatic N) is 4. The van der Waals surface area contributed by atoms with Gasteiger partial charge in [-0.05, 0) is 13.0 Å². The van der Waals surface area contributed by atoms with Crippen molar-refractivity contribution in [1.82, 2.24) is 14.9 Å². The van der Waals surface area contributed by atoms with E-state index in [0.29, 0.717) is 50.2 Å². The van der Waals surface area contributed by atoms with E-state index in [4.69, 9.17) is 16.3 Å². The average molecular weight is 435 g/mol. The Labute approximate surface area is 168 Å². The lowest BCUT2D eigenvalue weighted by molar-refractivity contribution is -0.137. The summed E-state index contributed by atoms with van der Waals surface area (Å²) in [6.45, 7) is 5.12. The number of hydrogen-bond acceptors (Lipinski definition) is 7. The molecule has 6 nitrogen and oxygen atoms in total. The topological polar surface area (TPSA) is 58.6 Å². The Morgan fingerprint density at radius 3 is 2.64 bits per heavy atom. The van der Waals surface area contributed by atoms with Gasteiger partial charge in [0.25, 0.3) is 0 Å². The lowest BCUT2D eigenvalue weighted by atomic mass is 10.2. The molecule has 0 atom stereocenters. The normalized spacial score (nSPS) is 15.7. The molecule has 0 N–H and O–H groups in total. The summed E-state index contributed by atoms with van der Waals surface area (Å²) < 4.78 is 43.2. The fraction of sp³-hybridized carbons (Fsp3) is 0.471. The highest BCUT2D eigenvalue weighted by Crippen LogP contribution is 2.33. The van der Waals surface area contributed by atoms with Crippen molar-refractivity contribution < 1.29 is 22.7 Å². The molecule has 0 bridgehead atoms. The minimum atomic E-state index is -4.47. The number of halogens is 4. The van der Waals surface area contributed by atoms with Gasteiger partial charge in [-0.1, -0.05) is 11.6 Å². The molecule has 28 heavy (non-hydrogen) atoms. The number of pyridine rings is 1. The number of hydrogen-bond donors (Lipinski definition) is 0. The predicted octanol–water partition coefficient (Wildman–Crippen LogP) is 3.71. The van der Waals surface area contributed by atoms with Crippen molar-refractivity contribution in [2.75, 3.05) is 37.7 Å². The van der Waals surface area contributed by atoms with Crippen molar-refractivity contribution in [2.24, 2.45) is 0 Å². The van der Waals surface area contributed by atoms with Gasteiger partial charge < -0.3 is 9.64 Å². The molecule has 0 saturated carbocycles. The summed E-state index contributed by atoms with van der Waals surface area (Å²) in [6, 6.07) is 0.905. The van der Waals surface area contributed by atoms with Gasteiger partial charge in [-0.3, -0.25) is 4.90 Å². The van der Waals surface area contributed by atoms with Gasteiger partial charge in [0.15, 0.2) is 0 Å². The maximum absolute atomic E-state index is 12.7. The first kappa shape index (κ1) is 20.8. The lowest BCUT2D eigenvalue weighted by Crippen LogP contribution is -2.46. The monoisotopic (exact) mass is 434 g/mol. The maximum atomic E-state index is 12.7. The summed E-state index contributed by atoms with van der Waals surface area (Å²) >= 11 is 7.27. The van der Waals surface area contributed by atoms with Crippen molar-refractivity contribution in [3.05, 3.63) is 38.9 Å². The van der Waals surface area contributed by atoms with Crippen molar-refractivity contribution >= 4 is 34.7 Å². The molecule has 0 spiro atoms. The van der Waals surface area contributed by atoms with Gasteiger partial charge in [0, 0.05) is 44.3 Å². The van der Waals surface area contributed by atoms with Gasteiger partial charge in [-0.2, -0.15) is 13.2 Å². The van der Waals surface area contributed by atoms with Crippen LogP contribution in [0.15, 0.2) is 17.6 Å². The quantitative estimate of drug-likeness (QED) is 0.669. The maximum Gasteiger partial charge on any atom is 0.417 e. The number of carbonyl (C=O) groups is 1. The summed E-state index contributed by atoms with van der Waals surface area (Å²) in [7, 11) is 0. The average Bonchev–Trinajstić information content (AvgIpc) is 3.10. The van der Waals surface area contributed by atoms with Gasteiger partial charge in [0.2, 0.25) is 5.01 Å². The molecule has 1 saturated heterocycles. The van der Waals surface area contributed by atoms with Crippen LogP contribution in [0.3, 0.4) is 0 Å². The van der Waals surface area contributed by atoms with E-state index < -0.39 is 17.7 Å². The largest absolute Gasteiger partial charge is 0.461 e. The van der Waals surface area contributed by atoms with Crippen LogP contribution in [0.25, 0.3) is 0 Å². The number of ether oxygens (including phenoxy) is 1. The molecule has 2 aromatic heterocycles. The zero-order valence-corrected chi connectivity index (χ0v) is 16.6. The molecule has 0 unspecified atom stereocenters. The zero-order valence-electron chi connectivity index (χ0n) is 15.0. The molecule has 0 amide bonds. The second kappa shape index (κ2) is 8.62. The van der Waals surface area contributed by atoms with E-state index in [0.717, 1.165) is 18.0 Å². The molecule has 0 radical (unpaired) electrons. The van der Waals surface area contributed by atoms with Crippen LogP contribution in [0.2, 0.25) is 5.02 Å². The summed E-state index contributed by atoms with van der Waals surface area (Å²) in [6.07, 6.45) is -3.66. The molecule has 0 aliphatic carbocycles. The highest BCUT2D eigenvalue weighted by molar-refractivity contribution is 7.11. The molecule has 3 heterocycles. The fourth-order valence-electron chi connectivity index (χ4n) is 2.83. The smallest absolute Gasteiger partial charge is 0.417 e. The van der Waals surface area contributed by atoms with E-state index in [9.17, 15) is 18.0 Å². The number of esters is 1. The molecular weight excluding hydrogens is 417 g/mol. The Hall–Kier alpha value is -1.91. The molecule has 3 rings (SSSR count). The molecule has 1 aliphatic rings. The molecule has 1 aliphatic heterocycles. The van der Waals surface area contributed by atoms with Crippen LogP contribution in [0, 0.1) is 0 Å². The number of thiazole rings is 1. The van der Waals surface area contributed by atoms with E-state index in [-0.39, 0.29) is 5.02 Å². The third-order valence-corrected chi connectivity index (χ3v) is 5.36. The van der Waals surface area contributed by atoms with E-state index in [1.54, 1.807) is 6.92 Å². The van der Waals surface area contributed by atoms with Crippen LogP contribution >= 0.6 is 22.9 Å². The van der Waals surface area contributed by atoms with Gasteiger partial charge in [-0.25, -0.2) is 14.8 Å². The lowest BCUT2D eigenvalue weighted by Gasteiger charge is -2.35. The van der Waals surface area contributed by atoms with Crippen LogP contribution in [0.1, 0.15) is 28.0 Å². The van der Waals surface area contributed by atoms with E-state index in [1.807, 2.05) is 10.3 Å². The number of aromatic nitrogens is 2. The Bertz CT molecular complexity index is 838. The SMILES string of the molecule is CCOC(=O)c1nc(CN2CCN(c3ncc(C(F)(F)F)cc3Cl)CC2)cs1. The molecule has 152 valence electrons. The number of carbonyl (C=O) groups excluding carboxylic acids is 1. The first-order valence-corrected chi connectivity index (χ1v) is 9.85. The first-order valence-electron chi connectivity index (χ1n) is 8.59. The van der Waals surface area contributed by atoms with E-state index in [1.165, 1.54) is 11.3 Å². The second-order valence-electron chi connectivity index (χ2n) is 6.15. The highest BCUT2D eigenvalue weighted by atomic mass is 35.5. The van der Waals surface area contributed by atoms with Crippen LogP contribution in [0.5, 0.6) is 0 Å². The number of alkyl halides is 3. The van der Waals surface area contributed by atoms with Gasteiger partial charge >= 0.3 is 12.1 Å². The molecule has 1 fully saturated rings. The molecule has 0 aromatic carbocycles. The molecular formula is C17H18ClF3N4O2S. The van der Waals surface area contributed by atoms with E-state index in [2.05, 4.69) is 14.9 Å². The van der Waals surface area contributed by atoms with Crippen LogP contribution < -0.4 is 4.90 Å². The van der Waals surface area contributed by atoms with Crippen molar-refractivity contribution in [1.29, 1.82) is 0 Å². The minimum Gasteiger partial charge on any atom is -0.461 e. The van der Waals surface area contributed by atoms with Crippen molar-refractivity contribution in [3.63, 3.8) is 0 Å². The van der Waals surface area contributed by atoms with Crippen LogP contribution in [0.4, 0.5) is 19.0 Å². The summed E-state index contributed by atoms with van der Waals surface area (Å²) in [5.74, 6) is -0.0702. The third-order valence-electron chi connectivity index (χ3n) is 4.21. The number of piperazine rings is 1. The van der Waals surface area contributed by atoms with Crippen LogP contribution in [-0.2, 0) is 17.5 Å². The van der Waals surface area contributed by atoms with Crippen molar-refractivity contribution in [2.45, 2.75) is 19.6 Å². The number of rotatable bonds is 5. The number of anilines is 1. The minimum absolute atomic E-state index is 0.0122. The van der Waals surface area contributed by atoms with Gasteiger partial charge in [-0.15, -0.1) is 11.3 Å². The molecule has 2 aromatic rings. The zero-order chi connectivity index (χ0) is 20.3.